The molecule has 2 atom stereocenters. The molecule has 0 bridgehead atoms. The van der Waals surface area contributed by atoms with Gasteiger partial charge in [-0.3, -0.25) is 4.79 Å². The van der Waals surface area contributed by atoms with Gasteiger partial charge < -0.3 is 9.64 Å². The van der Waals surface area contributed by atoms with E-state index in [0.717, 1.165) is 0 Å². The molecule has 26 heavy (non-hydrogen) atoms. The van der Waals surface area contributed by atoms with Crippen LogP contribution in [0.3, 0.4) is 0 Å². The van der Waals surface area contributed by atoms with E-state index in [2.05, 4.69) is 4.98 Å². The molecule has 2 heterocycles. The van der Waals surface area contributed by atoms with Gasteiger partial charge in [-0.15, -0.1) is 11.8 Å². The molecule has 0 radical (unpaired) electrons. The van der Waals surface area contributed by atoms with Gasteiger partial charge in [0.25, 0.3) is 5.91 Å². The molecule has 1 aromatic rings. The Hall–Kier alpha value is -1.61. The van der Waals surface area contributed by atoms with Crippen molar-refractivity contribution in [2.45, 2.75) is 43.8 Å². The highest BCUT2D eigenvalue weighted by Gasteiger charge is 2.36. The molecule has 1 amide bonds. The Balaban J connectivity index is 2.06. The van der Waals surface area contributed by atoms with E-state index in [4.69, 9.17) is 4.74 Å². The average molecular weight is 401 g/mol. The molecule has 1 aliphatic rings. The van der Waals surface area contributed by atoms with Crippen molar-refractivity contribution in [2.75, 3.05) is 24.4 Å². The number of esters is 1. The third-order valence-electron chi connectivity index (χ3n) is 4.47. The van der Waals surface area contributed by atoms with Crippen molar-refractivity contribution in [1.82, 2.24) is 9.88 Å². The van der Waals surface area contributed by atoms with Crippen molar-refractivity contribution in [2.24, 2.45) is 0 Å². The molecule has 0 N–H and O–H groups in total. The smallest absolute Gasteiger partial charge is 0.341 e. The van der Waals surface area contributed by atoms with E-state index in [1.54, 1.807) is 29.5 Å². The van der Waals surface area contributed by atoms with Gasteiger partial charge in [0.05, 0.1) is 17.1 Å². The first-order valence-corrected chi connectivity index (χ1v) is 11.5. The van der Waals surface area contributed by atoms with Crippen molar-refractivity contribution in [3.63, 3.8) is 0 Å². The van der Waals surface area contributed by atoms with Crippen LogP contribution in [0.5, 0.6) is 0 Å². The summed E-state index contributed by atoms with van der Waals surface area (Å²) in [6.07, 6.45) is 4.50. The van der Waals surface area contributed by atoms with Crippen LogP contribution < -0.4 is 0 Å². The molecule has 7 nitrogen and oxygen atoms in total. The minimum absolute atomic E-state index is 0.0315. The molecule has 1 saturated heterocycles. The van der Waals surface area contributed by atoms with Crippen LogP contribution in [0.1, 0.15) is 37.0 Å². The molecule has 0 unspecified atom stereocenters. The summed E-state index contributed by atoms with van der Waals surface area (Å²) in [4.78, 5) is 30.6. The summed E-state index contributed by atoms with van der Waals surface area (Å²) < 4.78 is 28.7. The summed E-state index contributed by atoms with van der Waals surface area (Å²) in [6, 6.07) is 2.75. The van der Waals surface area contributed by atoms with Crippen molar-refractivity contribution in [3.05, 3.63) is 23.9 Å². The number of hydrogen-bond donors (Lipinski definition) is 0. The molecular weight excluding hydrogens is 376 g/mol. The number of thioether (sulfide) groups is 1. The van der Waals surface area contributed by atoms with Crippen molar-refractivity contribution in [3.8, 4) is 0 Å². The average Bonchev–Trinajstić information content (AvgIpc) is 2.98. The van der Waals surface area contributed by atoms with E-state index in [9.17, 15) is 18.0 Å². The highest BCUT2D eigenvalue weighted by atomic mass is 32.2. The molecule has 2 rings (SSSR count). The Labute approximate surface area is 158 Å². The molecule has 9 heteroatoms. The summed E-state index contributed by atoms with van der Waals surface area (Å²) in [5, 5.41) is 0.533. The number of carbonyl (C=O) groups is 2. The number of amides is 1. The van der Waals surface area contributed by atoms with Crippen LogP contribution >= 0.6 is 11.8 Å². The number of nitrogens with zero attached hydrogens (tertiary/aromatic N) is 2. The highest BCUT2D eigenvalue weighted by molar-refractivity contribution is 7.98. The number of hydrogen-bond acceptors (Lipinski definition) is 7. The van der Waals surface area contributed by atoms with Crippen LogP contribution in [0.25, 0.3) is 0 Å². The lowest BCUT2D eigenvalue weighted by Gasteiger charge is -2.33. The van der Waals surface area contributed by atoms with Crippen LogP contribution in [0, 0.1) is 0 Å². The van der Waals surface area contributed by atoms with Crippen molar-refractivity contribution < 1.29 is 22.7 Å². The van der Waals surface area contributed by atoms with Gasteiger partial charge in [-0.2, -0.15) is 0 Å². The standard InChI is InChI=1S/C17H24N2O5S2/c1-4-12(2)19(13-7-9-26(22,23)11-13)15(20)10-24-17(21)14-6-5-8-18-16(14)25-3/h5-6,8,12-13H,4,7,9-11H2,1-3H3/t12-,13+/m0/s1. The van der Waals surface area contributed by atoms with E-state index >= 15 is 0 Å². The monoisotopic (exact) mass is 400 g/mol. The fraction of sp³-hybridized carbons (Fsp3) is 0.588. The second-order valence-corrected chi connectivity index (χ2v) is 9.28. The largest absolute Gasteiger partial charge is 0.452 e. The van der Waals surface area contributed by atoms with E-state index in [0.29, 0.717) is 23.4 Å². The number of aromatic nitrogens is 1. The minimum atomic E-state index is -3.11. The molecule has 1 aromatic heterocycles. The van der Waals surface area contributed by atoms with E-state index in [-0.39, 0.29) is 29.5 Å². The first-order valence-electron chi connectivity index (χ1n) is 8.46. The van der Waals surface area contributed by atoms with Gasteiger partial charge in [-0.1, -0.05) is 6.92 Å². The van der Waals surface area contributed by atoms with Crippen LogP contribution in [-0.2, 0) is 19.4 Å². The molecule has 0 spiro atoms. The Kier molecular flexibility index (Phi) is 7.05. The second kappa shape index (κ2) is 8.85. The van der Waals surface area contributed by atoms with Gasteiger partial charge in [-0.05, 0) is 38.2 Å². The third kappa shape index (κ3) is 4.97. The first kappa shape index (κ1) is 20.7. The van der Waals surface area contributed by atoms with Crippen LogP contribution in [0.4, 0.5) is 0 Å². The zero-order valence-corrected chi connectivity index (χ0v) is 16.8. The number of carbonyl (C=O) groups excluding carboxylic acids is 2. The maximum Gasteiger partial charge on any atom is 0.341 e. The van der Waals surface area contributed by atoms with E-state index < -0.39 is 22.4 Å². The van der Waals surface area contributed by atoms with E-state index in [1.807, 2.05) is 13.8 Å². The number of pyridine rings is 1. The zero-order valence-electron chi connectivity index (χ0n) is 15.2. The van der Waals surface area contributed by atoms with Gasteiger partial charge in [-0.25, -0.2) is 18.2 Å². The molecule has 0 saturated carbocycles. The summed E-state index contributed by atoms with van der Waals surface area (Å²) in [5.74, 6) is -0.927. The number of rotatable bonds is 7. The second-order valence-electron chi connectivity index (χ2n) is 6.25. The third-order valence-corrected chi connectivity index (χ3v) is 6.93. The summed E-state index contributed by atoms with van der Waals surface area (Å²) >= 11 is 1.32. The number of ether oxygens (including phenoxy) is 1. The molecular formula is C17H24N2O5S2. The van der Waals surface area contributed by atoms with Gasteiger partial charge in [0.15, 0.2) is 16.4 Å². The lowest BCUT2D eigenvalue weighted by atomic mass is 10.1. The Morgan fingerprint density at radius 3 is 2.77 bits per heavy atom. The Morgan fingerprint density at radius 1 is 1.46 bits per heavy atom. The fourth-order valence-electron chi connectivity index (χ4n) is 2.99. The molecule has 1 fully saturated rings. The van der Waals surface area contributed by atoms with Crippen LogP contribution in [-0.4, -0.2) is 66.6 Å². The maximum atomic E-state index is 12.7. The fourth-order valence-corrected chi connectivity index (χ4v) is 5.24. The first-order chi connectivity index (χ1) is 12.3. The SMILES string of the molecule is CC[C@H](C)N(C(=O)COC(=O)c1cccnc1SC)[C@@H]1CCS(=O)(=O)C1. The molecule has 1 aliphatic heterocycles. The predicted molar refractivity (Wildman–Crippen MR) is 100.0 cm³/mol. The molecule has 0 aromatic carbocycles. The van der Waals surface area contributed by atoms with Gasteiger partial charge in [0.1, 0.15) is 5.03 Å². The van der Waals surface area contributed by atoms with Crippen LogP contribution in [0.15, 0.2) is 23.4 Å². The number of sulfone groups is 1. The van der Waals surface area contributed by atoms with Gasteiger partial charge >= 0.3 is 5.97 Å². The quantitative estimate of drug-likeness (QED) is 0.509. The summed E-state index contributed by atoms with van der Waals surface area (Å²) in [7, 11) is -3.11. The maximum absolute atomic E-state index is 12.7. The van der Waals surface area contributed by atoms with Crippen molar-refractivity contribution >= 4 is 33.5 Å². The minimum Gasteiger partial charge on any atom is -0.452 e. The zero-order chi connectivity index (χ0) is 19.3. The van der Waals surface area contributed by atoms with E-state index in [1.165, 1.54) is 11.8 Å². The lowest BCUT2D eigenvalue weighted by molar-refractivity contribution is -0.138. The topological polar surface area (TPSA) is 93.6 Å². The summed E-state index contributed by atoms with van der Waals surface area (Å²) in [5.41, 5.74) is 0.311. The normalized spacial score (nSPS) is 19.7. The predicted octanol–water partition coefficient (Wildman–Crippen LogP) is 1.77. The lowest BCUT2D eigenvalue weighted by Crippen LogP contribution is -2.48. The van der Waals surface area contributed by atoms with Gasteiger partial charge in [0, 0.05) is 18.3 Å². The summed E-state index contributed by atoms with van der Waals surface area (Å²) in [6.45, 7) is 3.39. The Bertz CT molecular complexity index is 766. The Morgan fingerprint density at radius 2 is 2.19 bits per heavy atom. The van der Waals surface area contributed by atoms with Crippen molar-refractivity contribution in [1.29, 1.82) is 0 Å². The van der Waals surface area contributed by atoms with Crippen LogP contribution in [0.2, 0.25) is 0 Å². The van der Waals surface area contributed by atoms with Gasteiger partial charge in [0.2, 0.25) is 0 Å². The highest BCUT2D eigenvalue weighted by Crippen LogP contribution is 2.22. The molecule has 144 valence electrons. The molecule has 0 aliphatic carbocycles.